The second kappa shape index (κ2) is 7.07. The summed E-state index contributed by atoms with van der Waals surface area (Å²) in [6.45, 7) is 6.04. The van der Waals surface area contributed by atoms with E-state index in [0.717, 1.165) is 55.4 Å². The third-order valence-electron chi connectivity index (χ3n) is 4.80. The smallest absolute Gasteiger partial charge is 0.254 e. The van der Waals surface area contributed by atoms with E-state index >= 15 is 0 Å². The molecule has 2 aliphatic heterocycles. The van der Waals surface area contributed by atoms with Gasteiger partial charge in [-0.25, -0.2) is 4.98 Å². The van der Waals surface area contributed by atoms with E-state index in [9.17, 15) is 9.59 Å². The van der Waals surface area contributed by atoms with Gasteiger partial charge in [-0.05, 0) is 25.2 Å². The highest BCUT2D eigenvalue weighted by atomic mass is 32.2. The summed E-state index contributed by atoms with van der Waals surface area (Å²) in [5.74, 6) is 1.67. The fourth-order valence-electron chi connectivity index (χ4n) is 3.32. The minimum absolute atomic E-state index is 0.00600. The number of hydrogen-bond donors (Lipinski definition) is 0. The van der Waals surface area contributed by atoms with E-state index in [1.165, 1.54) is 0 Å². The van der Waals surface area contributed by atoms with Gasteiger partial charge in [0.15, 0.2) is 5.16 Å². The highest BCUT2D eigenvalue weighted by Crippen LogP contribution is 2.32. The van der Waals surface area contributed by atoms with Crippen molar-refractivity contribution in [1.29, 1.82) is 0 Å². The van der Waals surface area contributed by atoms with Crippen LogP contribution in [-0.4, -0.2) is 39.2 Å². The summed E-state index contributed by atoms with van der Waals surface area (Å²) < 4.78 is 1.73. The Bertz CT molecular complexity index is 635. The Labute approximate surface area is 141 Å². The summed E-state index contributed by atoms with van der Waals surface area (Å²) in [5.41, 5.74) is 0.863. The summed E-state index contributed by atoms with van der Waals surface area (Å²) in [5, 5.41) is 0.783. The molecule has 1 aromatic rings. The number of aryl methyl sites for hydroxylation is 1. The van der Waals surface area contributed by atoms with Crippen LogP contribution in [-0.2, 0) is 11.2 Å². The van der Waals surface area contributed by atoms with Gasteiger partial charge in [0.25, 0.3) is 5.56 Å². The van der Waals surface area contributed by atoms with Crippen LogP contribution in [0.2, 0.25) is 0 Å². The molecule has 1 fully saturated rings. The number of hydrogen-bond acceptors (Lipinski definition) is 4. The van der Waals surface area contributed by atoms with Gasteiger partial charge in [-0.3, -0.25) is 14.2 Å². The zero-order valence-electron chi connectivity index (χ0n) is 14.0. The second-order valence-corrected chi connectivity index (χ2v) is 7.71. The lowest BCUT2D eigenvalue weighted by Gasteiger charge is -2.31. The first-order valence-electron chi connectivity index (χ1n) is 8.61. The van der Waals surface area contributed by atoms with Crippen LogP contribution in [0, 0.1) is 5.92 Å². The molecule has 1 unspecified atom stereocenters. The van der Waals surface area contributed by atoms with Gasteiger partial charge in [0.1, 0.15) is 0 Å². The lowest BCUT2D eigenvalue weighted by Crippen LogP contribution is -2.39. The molecule has 6 heteroatoms. The van der Waals surface area contributed by atoms with Gasteiger partial charge in [0, 0.05) is 37.0 Å². The quantitative estimate of drug-likeness (QED) is 0.793. The van der Waals surface area contributed by atoms with Crippen LogP contribution in [0.5, 0.6) is 0 Å². The van der Waals surface area contributed by atoms with Crippen molar-refractivity contribution in [3.05, 3.63) is 22.1 Å². The van der Waals surface area contributed by atoms with Gasteiger partial charge >= 0.3 is 0 Å². The van der Waals surface area contributed by atoms with E-state index in [-0.39, 0.29) is 17.5 Å². The van der Waals surface area contributed by atoms with Crippen molar-refractivity contribution in [3.8, 4) is 0 Å². The zero-order valence-corrected chi connectivity index (χ0v) is 14.8. The van der Waals surface area contributed by atoms with Gasteiger partial charge in [-0.2, -0.15) is 0 Å². The maximum absolute atomic E-state index is 12.5. The van der Waals surface area contributed by atoms with Crippen LogP contribution in [0.3, 0.4) is 0 Å². The first-order chi connectivity index (χ1) is 11.1. The van der Waals surface area contributed by atoms with Crippen molar-refractivity contribution in [2.24, 2.45) is 5.92 Å². The molecule has 0 spiro atoms. The Balaban J connectivity index is 1.70. The summed E-state index contributed by atoms with van der Waals surface area (Å²) >= 11 is 1.60. The number of likely N-dealkylation sites (tertiary alicyclic amines) is 1. The molecule has 0 radical (unpaired) electrons. The fourth-order valence-corrected chi connectivity index (χ4v) is 4.49. The third-order valence-corrected chi connectivity index (χ3v) is 5.89. The van der Waals surface area contributed by atoms with E-state index in [4.69, 9.17) is 0 Å². The SMILES string of the molecule is CCCc1cc(=O)n2c(n1)SCC2CC(=O)N1CCC(C)CC1. The van der Waals surface area contributed by atoms with Gasteiger partial charge < -0.3 is 4.90 Å². The molecule has 2 aliphatic rings. The molecule has 0 N–H and O–H groups in total. The molecule has 0 bridgehead atoms. The lowest BCUT2D eigenvalue weighted by atomic mass is 9.99. The maximum atomic E-state index is 12.5. The van der Waals surface area contributed by atoms with E-state index in [0.29, 0.717) is 12.3 Å². The topological polar surface area (TPSA) is 55.2 Å². The van der Waals surface area contributed by atoms with E-state index < -0.39 is 0 Å². The predicted octanol–water partition coefficient (Wildman–Crippen LogP) is 2.49. The molecule has 5 nitrogen and oxygen atoms in total. The largest absolute Gasteiger partial charge is 0.343 e. The molecule has 3 heterocycles. The summed E-state index contributed by atoms with van der Waals surface area (Å²) in [4.78, 5) is 31.5. The predicted molar refractivity (Wildman–Crippen MR) is 91.8 cm³/mol. The normalized spacial score (nSPS) is 21.5. The number of rotatable bonds is 4. The van der Waals surface area contributed by atoms with E-state index in [1.54, 1.807) is 22.4 Å². The molecular weight excluding hydrogens is 310 g/mol. The van der Waals surface area contributed by atoms with Crippen LogP contribution >= 0.6 is 11.8 Å². The number of carbonyl (C=O) groups excluding carboxylic acids is 1. The first-order valence-corrected chi connectivity index (χ1v) is 9.60. The second-order valence-electron chi connectivity index (χ2n) is 6.72. The molecule has 0 saturated carbocycles. The molecule has 3 rings (SSSR count). The number of piperidine rings is 1. The molecule has 1 atom stereocenters. The lowest BCUT2D eigenvalue weighted by molar-refractivity contribution is -0.133. The first kappa shape index (κ1) is 16.6. The molecular formula is C17H25N3O2S. The Hall–Kier alpha value is -1.30. The average Bonchev–Trinajstić information content (AvgIpc) is 2.91. The molecule has 126 valence electrons. The molecule has 1 aromatic heterocycles. The Morgan fingerprint density at radius 1 is 1.39 bits per heavy atom. The summed E-state index contributed by atoms with van der Waals surface area (Å²) in [7, 11) is 0. The third kappa shape index (κ3) is 3.62. The van der Waals surface area contributed by atoms with Crippen LogP contribution in [0.4, 0.5) is 0 Å². The van der Waals surface area contributed by atoms with Crippen LogP contribution in [0.1, 0.15) is 51.3 Å². The number of aromatic nitrogens is 2. The van der Waals surface area contributed by atoms with Crippen molar-refractivity contribution in [1.82, 2.24) is 14.5 Å². The zero-order chi connectivity index (χ0) is 16.4. The molecule has 0 aliphatic carbocycles. The van der Waals surface area contributed by atoms with Crippen LogP contribution in [0.15, 0.2) is 16.0 Å². The summed E-state index contributed by atoms with van der Waals surface area (Å²) in [6.07, 6.45) is 4.41. The number of nitrogens with zero attached hydrogens (tertiary/aromatic N) is 3. The van der Waals surface area contributed by atoms with E-state index in [2.05, 4.69) is 18.8 Å². The van der Waals surface area contributed by atoms with Crippen molar-refractivity contribution in [2.45, 2.75) is 57.1 Å². The van der Waals surface area contributed by atoms with Gasteiger partial charge in [-0.1, -0.05) is 32.0 Å². The highest BCUT2D eigenvalue weighted by Gasteiger charge is 2.30. The number of amides is 1. The Morgan fingerprint density at radius 3 is 2.83 bits per heavy atom. The summed E-state index contributed by atoms with van der Waals surface area (Å²) in [6, 6.07) is 1.59. The van der Waals surface area contributed by atoms with Crippen LogP contribution in [0.25, 0.3) is 0 Å². The Morgan fingerprint density at radius 2 is 2.13 bits per heavy atom. The molecule has 1 saturated heterocycles. The minimum Gasteiger partial charge on any atom is -0.343 e. The maximum Gasteiger partial charge on any atom is 0.254 e. The average molecular weight is 335 g/mol. The standard InChI is InChI=1S/C17H25N3O2S/c1-3-4-13-9-16(22)20-14(11-23-17(20)18-13)10-15(21)19-7-5-12(2)6-8-19/h9,12,14H,3-8,10-11H2,1-2H3. The van der Waals surface area contributed by atoms with Crippen molar-refractivity contribution >= 4 is 17.7 Å². The Kier molecular flexibility index (Phi) is 5.09. The molecule has 23 heavy (non-hydrogen) atoms. The monoisotopic (exact) mass is 335 g/mol. The van der Waals surface area contributed by atoms with Crippen molar-refractivity contribution in [2.75, 3.05) is 18.8 Å². The van der Waals surface area contributed by atoms with Crippen molar-refractivity contribution in [3.63, 3.8) is 0 Å². The molecule has 1 amide bonds. The van der Waals surface area contributed by atoms with Crippen molar-refractivity contribution < 1.29 is 4.79 Å². The van der Waals surface area contributed by atoms with Gasteiger partial charge in [-0.15, -0.1) is 0 Å². The molecule has 0 aromatic carbocycles. The number of thioether (sulfide) groups is 1. The highest BCUT2D eigenvalue weighted by molar-refractivity contribution is 7.99. The van der Waals surface area contributed by atoms with E-state index in [1.807, 2.05) is 4.90 Å². The fraction of sp³-hybridized carbons (Fsp3) is 0.706. The number of fused-ring (bicyclic) bond motifs is 1. The number of carbonyl (C=O) groups is 1. The van der Waals surface area contributed by atoms with Gasteiger partial charge in [0.2, 0.25) is 5.91 Å². The minimum atomic E-state index is -0.0440. The van der Waals surface area contributed by atoms with Gasteiger partial charge in [0.05, 0.1) is 6.04 Å². The van der Waals surface area contributed by atoms with Crippen LogP contribution < -0.4 is 5.56 Å².